The van der Waals surface area contributed by atoms with Crippen LogP contribution in [0.5, 0.6) is 0 Å². The van der Waals surface area contributed by atoms with Crippen LogP contribution >= 0.6 is 11.6 Å². The summed E-state index contributed by atoms with van der Waals surface area (Å²) in [5, 5.41) is 12.3. The monoisotopic (exact) mass is 271 g/mol. The fraction of sp³-hybridized carbons (Fsp3) is 0.308. The normalized spacial score (nSPS) is 11.9. The summed E-state index contributed by atoms with van der Waals surface area (Å²) in [5.74, 6) is -0.769. The molecule has 0 aliphatic rings. The molecule has 98 valence electrons. The van der Waals surface area contributed by atoms with Crippen LogP contribution < -0.4 is 5.32 Å². The lowest BCUT2D eigenvalue weighted by molar-refractivity contribution is -0.121. The van der Waals surface area contributed by atoms with Gasteiger partial charge in [-0.05, 0) is 24.1 Å². The molecule has 1 atom stereocenters. The highest BCUT2D eigenvalue weighted by molar-refractivity contribution is 6.30. The van der Waals surface area contributed by atoms with Gasteiger partial charge in [-0.25, -0.2) is 4.39 Å². The van der Waals surface area contributed by atoms with Crippen LogP contribution in [-0.4, -0.2) is 17.6 Å². The summed E-state index contributed by atoms with van der Waals surface area (Å²) in [4.78, 5) is 11.3. The summed E-state index contributed by atoms with van der Waals surface area (Å²) in [6.45, 7) is 3.55. The van der Waals surface area contributed by atoms with Crippen LogP contribution in [0.3, 0.4) is 0 Å². The molecule has 0 radical (unpaired) electrons. The number of halogens is 2. The number of aliphatic hydroxyl groups is 1. The molecule has 0 saturated carbocycles. The minimum Gasteiger partial charge on any atom is -0.387 e. The Morgan fingerprint density at radius 2 is 2.33 bits per heavy atom. The lowest BCUT2D eigenvalue weighted by Gasteiger charge is -2.12. The van der Waals surface area contributed by atoms with E-state index in [4.69, 9.17) is 11.6 Å². The first kappa shape index (κ1) is 14.7. The van der Waals surface area contributed by atoms with Crippen molar-refractivity contribution in [2.75, 3.05) is 6.54 Å². The predicted molar refractivity (Wildman–Crippen MR) is 68.8 cm³/mol. The molecule has 2 N–H and O–H groups in total. The Bertz CT molecular complexity index is 437. The molecular weight excluding hydrogens is 257 g/mol. The van der Waals surface area contributed by atoms with Crippen LogP contribution in [-0.2, 0) is 4.79 Å². The maximum absolute atomic E-state index is 13.2. The SMILES string of the molecule is C=CCCC(=O)NCC(O)c1ccc(Cl)c(F)c1. The number of hydrogen-bond acceptors (Lipinski definition) is 2. The summed E-state index contributed by atoms with van der Waals surface area (Å²) < 4.78 is 13.2. The Labute approximate surface area is 110 Å². The number of benzene rings is 1. The Kier molecular flexibility index (Phi) is 5.82. The zero-order chi connectivity index (χ0) is 13.5. The van der Waals surface area contributed by atoms with Crippen LogP contribution in [0.4, 0.5) is 4.39 Å². The molecule has 0 spiro atoms. The topological polar surface area (TPSA) is 49.3 Å². The number of carbonyl (C=O) groups excluding carboxylic acids is 1. The van der Waals surface area contributed by atoms with Gasteiger partial charge < -0.3 is 10.4 Å². The number of hydrogen-bond donors (Lipinski definition) is 2. The van der Waals surface area contributed by atoms with Gasteiger partial charge in [0.1, 0.15) is 5.82 Å². The standard InChI is InChI=1S/C13H15ClFNO2/c1-2-3-4-13(18)16-8-12(17)9-5-6-10(14)11(15)7-9/h2,5-7,12,17H,1,3-4,8H2,(H,16,18). The van der Waals surface area contributed by atoms with Crippen LogP contribution in [0, 0.1) is 5.82 Å². The minimum atomic E-state index is -0.954. The van der Waals surface area contributed by atoms with E-state index < -0.39 is 11.9 Å². The van der Waals surface area contributed by atoms with Gasteiger partial charge in [0.2, 0.25) is 5.91 Å². The number of amides is 1. The van der Waals surface area contributed by atoms with Crippen LogP contribution in [0.1, 0.15) is 24.5 Å². The van der Waals surface area contributed by atoms with Crippen molar-refractivity contribution in [3.63, 3.8) is 0 Å². The molecule has 1 unspecified atom stereocenters. The molecule has 1 amide bonds. The van der Waals surface area contributed by atoms with Gasteiger partial charge in [-0.15, -0.1) is 6.58 Å². The highest BCUT2D eigenvalue weighted by atomic mass is 35.5. The Balaban J connectivity index is 2.49. The van der Waals surface area contributed by atoms with E-state index in [1.165, 1.54) is 12.1 Å². The van der Waals surface area contributed by atoms with Crippen molar-refractivity contribution in [1.82, 2.24) is 5.32 Å². The predicted octanol–water partition coefficient (Wildman–Crippen LogP) is 2.59. The van der Waals surface area contributed by atoms with Crippen molar-refractivity contribution in [2.45, 2.75) is 18.9 Å². The smallest absolute Gasteiger partial charge is 0.220 e. The zero-order valence-corrected chi connectivity index (χ0v) is 10.6. The highest BCUT2D eigenvalue weighted by Crippen LogP contribution is 2.19. The molecule has 1 aromatic rings. The second-order valence-electron chi connectivity index (χ2n) is 3.82. The van der Waals surface area contributed by atoms with Crippen LogP contribution in [0.2, 0.25) is 5.02 Å². The van der Waals surface area contributed by atoms with Gasteiger partial charge in [-0.3, -0.25) is 4.79 Å². The van der Waals surface area contributed by atoms with Crippen molar-refractivity contribution in [1.29, 1.82) is 0 Å². The van der Waals surface area contributed by atoms with E-state index in [0.29, 0.717) is 18.4 Å². The van der Waals surface area contributed by atoms with Gasteiger partial charge in [0, 0.05) is 13.0 Å². The van der Waals surface area contributed by atoms with E-state index in [0.717, 1.165) is 6.07 Å². The quantitative estimate of drug-likeness (QED) is 0.782. The maximum Gasteiger partial charge on any atom is 0.220 e. The second kappa shape index (κ2) is 7.13. The molecule has 3 nitrogen and oxygen atoms in total. The van der Waals surface area contributed by atoms with Gasteiger partial charge in [0.25, 0.3) is 0 Å². The molecule has 1 aromatic carbocycles. The lowest BCUT2D eigenvalue weighted by atomic mass is 10.1. The minimum absolute atomic E-state index is 0.000897. The van der Waals surface area contributed by atoms with Crippen molar-refractivity contribution >= 4 is 17.5 Å². The van der Waals surface area contributed by atoms with Crippen LogP contribution in [0.25, 0.3) is 0 Å². The van der Waals surface area contributed by atoms with Gasteiger partial charge in [0.05, 0.1) is 11.1 Å². The van der Waals surface area contributed by atoms with E-state index in [2.05, 4.69) is 11.9 Å². The van der Waals surface area contributed by atoms with Crippen molar-refractivity contribution in [3.8, 4) is 0 Å². The first-order valence-corrected chi connectivity index (χ1v) is 5.93. The molecule has 0 fully saturated rings. The van der Waals surface area contributed by atoms with E-state index in [9.17, 15) is 14.3 Å². The number of nitrogens with one attached hydrogen (secondary N) is 1. The Morgan fingerprint density at radius 3 is 2.94 bits per heavy atom. The molecular formula is C13H15ClFNO2. The summed E-state index contributed by atoms with van der Waals surface area (Å²) in [5.41, 5.74) is 0.376. The summed E-state index contributed by atoms with van der Waals surface area (Å²) >= 11 is 5.53. The zero-order valence-electron chi connectivity index (χ0n) is 9.83. The van der Waals surface area contributed by atoms with Crippen molar-refractivity contribution < 1.29 is 14.3 Å². The summed E-state index contributed by atoms with van der Waals surface area (Å²) in [7, 11) is 0. The molecule has 1 rings (SSSR count). The van der Waals surface area contributed by atoms with Gasteiger partial charge in [0.15, 0.2) is 0 Å². The first-order valence-electron chi connectivity index (χ1n) is 5.55. The third-order valence-corrected chi connectivity index (χ3v) is 2.70. The van der Waals surface area contributed by atoms with Gasteiger partial charge in [-0.2, -0.15) is 0 Å². The largest absolute Gasteiger partial charge is 0.387 e. The van der Waals surface area contributed by atoms with E-state index in [1.54, 1.807) is 6.08 Å². The molecule has 0 aliphatic heterocycles. The number of carbonyl (C=O) groups is 1. The van der Waals surface area contributed by atoms with E-state index in [-0.39, 0.29) is 17.5 Å². The second-order valence-corrected chi connectivity index (χ2v) is 4.23. The molecule has 18 heavy (non-hydrogen) atoms. The fourth-order valence-electron chi connectivity index (χ4n) is 1.37. The van der Waals surface area contributed by atoms with Gasteiger partial charge >= 0.3 is 0 Å². The third kappa shape index (κ3) is 4.47. The number of allylic oxidation sites excluding steroid dienone is 1. The highest BCUT2D eigenvalue weighted by Gasteiger charge is 2.11. The molecule has 5 heteroatoms. The average Bonchev–Trinajstić information content (AvgIpc) is 2.36. The molecule has 0 saturated heterocycles. The number of aliphatic hydroxyl groups excluding tert-OH is 1. The van der Waals surface area contributed by atoms with E-state index >= 15 is 0 Å². The third-order valence-electron chi connectivity index (χ3n) is 2.40. The number of rotatable bonds is 6. The molecule has 0 aromatic heterocycles. The Hall–Kier alpha value is -1.39. The molecule has 0 bridgehead atoms. The van der Waals surface area contributed by atoms with Crippen molar-refractivity contribution in [2.24, 2.45) is 0 Å². The van der Waals surface area contributed by atoms with Crippen LogP contribution in [0.15, 0.2) is 30.9 Å². The van der Waals surface area contributed by atoms with Crippen molar-refractivity contribution in [3.05, 3.63) is 47.3 Å². The first-order chi connectivity index (χ1) is 8.54. The lowest BCUT2D eigenvalue weighted by Crippen LogP contribution is -2.28. The van der Waals surface area contributed by atoms with Gasteiger partial charge in [-0.1, -0.05) is 23.7 Å². The molecule has 0 heterocycles. The maximum atomic E-state index is 13.2. The Morgan fingerprint density at radius 1 is 1.61 bits per heavy atom. The summed E-state index contributed by atoms with van der Waals surface area (Å²) in [6, 6.07) is 4.05. The fourth-order valence-corrected chi connectivity index (χ4v) is 1.49. The average molecular weight is 272 g/mol. The van der Waals surface area contributed by atoms with E-state index in [1.807, 2.05) is 0 Å². The summed E-state index contributed by atoms with van der Waals surface area (Å²) in [6.07, 6.45) is 1.59. The molecule has 0 aliphatic carbocycles.